The number of hydrogen-bond donors (Lipinski definition) is 1. The normalized spacial score (nSPS) is 28.6. The van der Waals surface area contributed by atoms with Crippen LogP contribution in [0.4, 0.5) is 0 Å². The zero-order valence-electron chi connectivity index (χ0n) is 11.2. The molecule has 0 radical (unpaired) electrons. The Morgan fingerprint density at radius 1 is 1.50 bits per heavy atom. The number of rotatable bonds is 2. The van der Waals surface area contributed by atoms with Gasteiger partial charge in [0.2, 0.25) is 0 Å². The molecule has 4 heteroatoms. The summed E-state index contributed by atoms with van der Waals surface area (Å²) in [6.45, 7) is 5.85. The molecule has 1 N–H and O–H groups in total. The van der Waals surface area contributed by atoms with E-state index in [0.717, 1.165) is 6.54 Å². The van der Waals surface area contributed by atoms with Gasteiger partial charge in [-0.2, -0.15) is 0 Å². The third kappa shape index (κ3) is 2.60. The predicted octanol–water partition coefficient (Wildman–Crippen LogP) is 2.64. The molecule has 1 unspecified atom stereocenters. The first-order chi connectivity index (χ1) is 8.77. The minimum absolute atomic E-state index is 0.412. The zero-order valence-corrected chi connectivity index (χ0v) is 12.0. The molecular formula is C14H23N3S. The van der Waals surface area contributed by atoms with Gasteiger partial charge in [0.15, 0.2) is 0 Å². The molecule has 1 spiro atoms. The fourth-order valence-corrected chi connectivity index (χ4v) is 4.07. The topological polar surface area (TPSA) is 28.2 Å². The summed E-state index contributed by atoms with van der Waals surface area (Å²) in [7, 11) is 0. The van der Waals surface area contributed by atoms with E-state index in [4.69, 9.17) is 0 Å². The average molecular weight is 265 g/mol. The third-order valence-corrected chi connectivity index (χ3v) is 5.36. The van der Waals surface area contributed by atoms with Crippen LogP contribution < -0.4 is 5.32 Å². The van der Waals surface area contributed by atoms with Crippen LogP contribution in [0.25, 0.3) is 0 Å². The Morgan fingerprint density at radius 3 is 3.06 bits per heavy atom. The summed E-state index contributed by atoms with van der Waals surface area (Å²) in [5, 5.41) is 3.84. The predicted molar refractivity (Wildman–Crippen MR) is 75.8 cm³/mol. The summed E-state index contributed by atoms with van der Waals surface area (Å²) in [4.78, 5) is 8.27. The van der Waals surface area contributed by atoms with Crippen molar-refractivity contribution < 1.29 is 0 Å². The van der Waals surface area contributed by atoms with Crippen molar-refractivity contribution in [1.82, 2.24) is 15.2 Å². The van der Waals surface area contributed by atoms with E-state index >= 15 is 0 Å². The maximum atomic E-state index is 4.20. The summed E-state index contributed by atoms with van der Waals surface area (Å²) in [6.07, 6.45) is 8.81. The van der Waals surface area contributed by atoms with Crippen molar-refractivity contribution in [3.63, 3.8) is 0 Å². The molecule has 3 rings (SSSR count). The van der Waals surface area contributed by atoms with Gasteiger partial charge in [-0.15, -0.1) is 11.3 Å². The van der Waals surface area contributed by atoms with Crippen LogP contribution >= 0.6 is 11.3 Å². The number of thiazole rings is 1. The SMILES string of the molecule is CC1CCNC2(CCCC2)CN1Cc1cncs1. The van der Waals surface area contributed by atoms with E-state index < -0.39 is 0 Å². The fourth-order valence-electron chi connectivity index (χ4n) is 3.45. The van der Waals surface area contributed by atoms with Crippen molar-refractivity contribution in [3.8, 4) is 0 Å². The van der Waals surface area contributed by atoms with Crippen LogP contribution in [-0.4, -0.2) is 34.6 Å². The van der Waals surface area contributed by atoms with Crippen molar-refractivity contribution in [2.45, 2.75) is 57.2 Å². The van der Waals surface area contributed by atoms with Gasteiger partial charge in [-0.1, -0.05) is 12.8 Å². The lowest BCUT2D eigenvalue weighted by atomic mass is 9.97. The van der Waals surface area contributed by atoms with E-state index in [1.807, 2.05) is 11.7 Å². The van der Waals surface area contributed by atoms with Crippen molar-refractivity contribution in [3.05, 3.63) is 16.6 Å². The van der Waals surface area contributed by atoms with E-state index in [9.17, 15) is 0 Å². The van der Waals surface area contributed by atoms with E-state index in [-0.39, 0.29) is 0 Å². The Kier molecular flexibility index (Phi) is 3.68. The van der Waals surface area contributed by atoms with E-state index in [0.29, 0.717) is 11.6 Å². The van der Waals surface area contributed by atoms with Crippen LogP contribution in [0.1, 0.15) is 43.9 Å². The van der Waals surface area contributed by atoms with Gasteiger partial charge in [-0.3, -0.25) is 9.88 Å². The van der Waals surface area contributed by atoms with Crippen LogP contribution in [0.3, 0.4) is 0 Å². The third-order valence-electron chi connectivity index (χ3n) is 4.59. The molecule has 18 heavy (non-hydrogen) atoms. The minimum atomic E-state index is 0.412. The van der Waals surface area contributed by atoms with E-state index in [1.165, 1.54) is 50.1 Å². The molecule has 100 valence electrons. The summed E-state index contributed by atoms with van der Waals surface area (Å²) in [5.41, 5.74) is 2.36. The Balaban J connectivity index is 1.73. The van der Waals surface area contributed by atoms with Crippen LogP contribution in [0, 0.1) is 0 Å². The van der Waals surface area contributed by atoms with Crippen molar-refractivity contribution in [2.24, 2.45) is 0 Å². The van der Waals surface area contributed by atoms with Crippen molar-refractivity contribution >= 4 is 11.3 Å². The lowest BCUT2D eigenvalue weighted by Crippen LogP contribution is -2.49. The van der Waals surface area contributed by atoms with Gasteiger partial charge in [0.05, 0.1) is 5.51 Å². The molecule has 1 saturated carbocycles. The number of nitrogens with one attached hydrogen (secondary N) is 1. The maximum absolute atomic E-state index is 4.20. The summed E-state index contributed by atoms with van der Waals surface area (Å²) >= 11 is 1.78. The molecule has 1 saturated heterocycles. The largest absolute Gasteiger partial charge is 0.310 e. The molecule has 1 atom stereocenters. The minimum Gasteiger partial charge on any atom is -0.310 e. The second-order valence-electron chi connectivity index (χ2n) is 5.92. The Morgan fingerprint density at radius 2 is 2.33 bits per heavy atom. The molecule has 1 aliphatic carbocycles. The first kappa shape index (κ1) is 12.6. The Bertz CT molecular complexity index is 370. The zero-order chi connectivity index (χ0) is 12.4. The standard InChI is InChI=1S/C14H23N3S/c1-12-4-7-16-14(5-2-3-6-14)10-17(12)9-13-8-15-11-18-13/h8,11-12,16H,2-7,9-10H2,1H3. The molecule has 0 bridgehead atoms. The van der Waals surface area contributed by atoms with Crippen molar-refractivity contribution in [2.75, 3.05) is 13.1 Å². The highest BCUT2D eigenvalue weighted by molar-refractivity contribution is 7.09. The molecule has 1 aliphatic heterocycles. The Hall–Kier alpha value is -0.450. The van der Waals surface area contributed by atoms with Gasteiger partial charge < -0.3 is 5.32 Å². The molecule has 2 aliphatic rings. The average Bonchev–Trinajstić information content (AvgIpc) is 2.97. The number of hydrogen-bond acceptors (Lipinski definition) is 4. The first-order valence-electron chi connectivity index (χ1n) is 7.14. The second-order valence-corrected chi connectivity index (χ2v) is 6.90. The van der Waals surface area contributed by atoms with Gasteiger partial charge in [0.25, 0.3) is 0 Å². The summed E-state index contributed by atoms with van der Waals surface area (Å²) < 4.78 is 0. The molecule has 2 heterocycles. The van der Waals surface area contributed by atoms with Crippen LogP contribution in [-0.2, 0) is 6.54 Å². The second kappa shape index (κ2) is 5.27. The highest BCUT2D eigenvalue weighted by atomic mass is 32.1. The highest BCUT2D eigenvalue weighted by Crippen LogP contribution is 2.33. The van der Waals surface area contributed by atoms with Gasteiger partial charge >= 0.3 is 0 Å². The van der Waals surface area contributed by atoms with E-state index in [2.05, 4.69) is 22.1 Å². The molecule has 2 fully saturated rings. The van der Waals surface area contributed by atoms with Gasteiger partial charge in [0.1, 0.15) is 0 Å². The molecule has 1 aromatic heterocycles. The van der Waals surface area contributed by atoms with Crippen LogP contribution in [0.5, 0.6) is 0 Å². The van der Waals surface area contributed by atoms with Crippen LogP contribution in [0.2, 0.25) is 0 Å². The van der Waals surface area contributed by atoms with Crippen LogP contribution in [0.15, 0.2) is 11.7 Å². The fraction of sp³-hybridized carbons (Fsp3) is 0.786. The van der Waals surface area contributed by atoms with Crippen molar-refractivity contribution in [1.29, 1.82) is 0 Å². The summed E-state index contributed by atoms with van der Waals surface area (Å²) in [5.74, 6) is 0. The molecular weight excluding hydrogens is 242 g/mol. The van der Waals surface area contributed by atoms with Gasteiger partial charge in [-0.25, -0.2) is 0 Å². The monoisotopic (exact) mass is 265 g/mol. The molecule has 0 aromatic carbocycles. The number of nitrogens with zero attached hydrogens (tertiary/aromatic N) is 2. The van der Waals surface area contributed by atoms with E-state index in [1.54, 1.807) is 11.3 Å². The smallest absolute Gasteiger partial charge is 0.0794 e. The van der Waals surface area contributed by atoms with Gasteiger partial charge in [0, 0.05) is 35.7 Å². The molecule has 0 amide bonds. The van der Waals surface area contributed by atoms with Gasteiger partial charge in [-0.05, 0) is 32.7 Å². The maximum Gasteiger partial charge on any atom is 0.0794 e. The lowest BCUT2D eigenvalue weighted by Gasteiger charge is -2.35. The first-order valence-corrected chi connectivity index (χ1v) is 8.02. The Labute approximate surface area is 114 Å². The molecule has 1 aromatic rings. The highest BCUT2D eigenvalue weighted by Gasteiger charge is 2.38. The quantitative estimate of drug-likeness (QED) is 0.891. The molecule has 3 nitrogen and oxygen atoms in total. The lowest BCUT2D eigenvalue weighted by molar-refractivity contribution is 0.161. The summed E-state index contributed by atoms with van der Waals surface area (Å²) in [6, 6.07) is 0.680. The number of aromatic nitrogens is 1.